The molecule has 2 aromatic heterocycles. The maximum atomic E-state index is 13.6. The first-order valence-electron chi connectivity index (χ1n) is 10.6. The van der Waals surface area contributed by atoms with Crippen molar-refractivity contribution in [2.24, 2.45) is 0 Å². The third-order valence-electron chi connectivity index (χ3n) is 5.39. The fourth-order valence-electron chi connectivity index (χ4n) is 3.75. The molecule has 6 nitrogen and oxygen atoms in total. The SMILES string of the molecule is CCOc1ccc2c(c1)c(CCC(=O)O)cn2S(=O)(=O)c1ccc(-c2ccc(Cl)c(C(F)(F)F)c2)s1. The van der Waals surface area contributed by atoms with Gasteiger partial charge in [0.1, 0.15) is 9.96 Å². The Hall–Kier alpha value is -3.02. The van der Waals surface area contributed by atoms with Crippen LogP contribution in [0.3, 0.4) is 0 Å². The average molecular weight is 558 g/mol. The lowest BCUT2D eigenvalue weighted by atomic mass is 10.1. The number of benzene rings is 2. The highest BCUT2D eigenvalue weighted by molar-refractivity contribution is 7.92. The summed E-state index contributed by atoms with van der Waals surface area (Å²) < 4.78 is 73.4. The molecule has 0 fully saturated rings. The molecular weight excluding hydrogens is 539 g/mol. The van der Waals surface area contributed by atoms with Gasteiger partial charge in [-0.3, -0.25) is 4.79 Å². The molecule has 36 heavy (non-hydrogen) atoms. The number of alkyl halides is 3. The van der Waals surface area contributed by atoms with Crippen molar-refractivity contribution in [2.45, 2.75) is 30.2 Å². The predicted molar refractivity (Wildman–Crippen MR) is 131 cm³/mol. The zero-order valence-corrected chi connectivity index (χ0v) is 21.1. The lowest BCUT2D eigenvalue weighted by molar-refractivity contribution is -0.138. The van der Waals surface area contributed by atoms with Crippen LogP contribution in [0, 0.1) is 0 Å². The smallest absolute Gasteiger partial charge is 0.417 e. The molecular formula is C24H19ClF3NO5S2. The molecule has 1 N–H and O–H groups in total. The first kappa shape index (κ1) is 26.1. The van der Waals surface area contributed by atoms with E-state index in [9.17, 15) is 26.4 Å². The van der Waals surface area contributed by atoms with E-state index in [0.717, 1.165) is 27.4 Å². The monoisotopic (exact) mass is 557 g/mol. The Morgan fingerprint density at radius 2 is 1.89 bits per heavy atom. The van der Waals surface area contributed by atoms with Gasteiger partial charge in [0.15, 0.2) is 0 Å². The number of aliphatic carboxylic acids is 1. The highest BCUT2D eigenvalue weighted by atomic mass is 35.5. The van der Waals surface area contributed by atoms with Crippen LogP contribution in [0.5, 0.6) is 5.75 Å². The van der Waals surface area contributed by atoms with Gasteiger partial charge in [-0.25, -0.2) is 3.97 Å². The van der Waals surface area contributed by atoms with Crippen LogP contribution in [0.15, 0.2) is 58.9 Å². The Morgan fingerprint density at radius 3 is 2.56 bits per heavy atom. The van der Waals surface area contributed by atoms with Crippen molar-refractivity contribution < 1.29 is 36.2 Å². The second-order valence-electron chi connectivity index (χ2n) is 7.77. The van der Waals surface area contributed by atoms with Crippen LogP contribution >= 0.6 is 22.9 Å². The van der Waals surface area contributed by atoms with Crippen molar-refractivity contribution in [3.05, 3.63) is 70.9 Å². The normalized spacial score (nSPS) is 12.2. The van der Waals surface area contributed by atoms with E-state index in [4.69, 9.17) is 21.4 Å². The van der Waals surface area contributed by atoms with Gasteiger partial charge in [0.25, 0.3) is 10.0 Å². The topological polar surface area (TPSA) is 85.6 Å². The Bertz CT molecular complexity index is 1560. The molecule has 0 saturated carbocycles. The van der Waals surface area contributed by atoms with E-state index in [-0.39, 0.29) is 22.6 Å². The summed E-state index contributed by atoms with van der Waals surface area (Å²) >= 11 is 6.52. The zero-order chi connectivity index (χ0) is 26.3. The first-order chi connectivity index (χ1) is 16.9. The molecule has 0 aliphatic heterocycles. The molecule has 2 heterocycles. The number of fused-ring (bicyclic) bond motifs is 1. The van der Waals surface area contributed by atoms with Crippen LogP contribution in [0.2, 0.25) is 5.02 Å². The molecule has 4 aromatic rings. The first-order valence-corrected chi connectivity index (χ1v) is 13.3. The molecule has 4 rings (SSSR count). The van der Waals surface area contributed by atoms with Gasteiger partial charge in [-0.05, 0) is 66.9 Å². The molecule has 0 saturated heterocycles. The van der Waals surface area contributed by atoms with Crippen LogP contribution in [0.1, 0.15) is 24.5 Å². The minimum atomic E-state index is -4.66. The molecule has 0 aliphatic carbocycles. The maximum Gasteiger partial charge on any atom is 0.417 e. The third kappa shape index (κ3) is 5.09. The molecule has 0 unspecified atom stereocenters. The van der Waals surface area contributed by atoms with Gasteiger partial charge in [-0.15, -0.1) is 11.3 Å². The van der Waals surface area contributed by atoms with Crippen molar-refractivity contribution in [3.8, 4) is 16.2 Å². The highest BCUT2D eigenvalue weighted by Gasteiger charge is 2.33. The summed E-state index contributed by atoms with van der Waals surface area (Å²) in [6.45, 7) is 2.20. The number of hydrogen-bond acceptors (Lipinski definition) is 5. The van der Waals surface area contributed by atoms with E-state index in [0.29, 0.717) is 33.7 Å². The van der Waals surface area contributed by atoms with Gasteiger partial charge in [0.05, 0.1) is 22.7 Å². The third-order valence-corrected chi connectivity index (χ3v) is 9.00. The van der Waals surface area contributed by atoms with Gasteiger partial charge >= 0.3 is 12.1 Å². The fraction of sp³-hybridized carbons (Fsp3) is 0.208. The van der Waals surface area contributed by atoms with E-state index in [2.05, 4.69) is 0 Å². The van der Waals surface area contributed by atoms with Crippen molar-refractivity contribution >= 4 is 49.8 Å². The lowest BCUT2D eigenvalue weighted by Crippen LogP contribution is -2.10. The van der Waals surface area contributed by atoms with Gasteiger partial charge in [-0.2, -0.15) is 21.6 Å². The second-order valence-corrected chi connectivity index (χ2v) is 11.3. The highest BCUT2D eigenvalue weighted by Crippen LogP contribution is 2.40. The van der Waals surface area contributed by atoms with E-state index >= 15 is 0 Å². The summed E-state index contributed by atoms with van der Waals surface area (Å²) in [5, 5.41) is 9.19. The number of aromatic nitrogens is 1. The number of aryl methyl sites for hydroxylation is 1. The van der Waals surface area contributed by atoms with Gasteiger partial charge in [-0.1, -0.05) is 17.7 Å². The second kappa shape index (κ2) is 9.79. The number of halogens is 4. The molecule has 190 valence electrons. The number of thiophene rings is 1. The number of nitrogens with zero attached hydrogens (tertiary/aromatic N) is 1. The van der Waals surface area contributed by atoms with E-state index in [1.54, 1.807) is 25.1 Å². The van der Waals surface area contributed by atoms with Crippen LogP contribution in [-0.2, 0) is 27.4 Å². The van der Waals surface area contributed by atoms with E-state index < -0.39 is 32.8 Å². The van der Waals surface area contributed by atoms with Crippen LogP contribution in [0.4, 0.5) is 13.2 Å². The van der Waals surface area contributed by atoms with Crippen molar-refractivity contribution in [2.75, 3.05) is 6.61 Å². The number of hydrogen-bond donors (Lipinski definition) is 1. The van der Waals surface area contributed by atoms with Crippen molar-refractivity contribution in [3.63, 3.8) is 0 Å². The number of rotatable bonds is 8. The quantitative estimate of drug-likeness (QED) is 0.261. The summed E-state index contributed by atoms with van der Waals surface area (Å²) in [6, 6.07) is 11.0. The summed E-state index contributed by atoms with van der Waals surface area (Å²) in [5.41, 5.74) is 0.0181. The number of carbonyl (C=O) groups is 1. The Kier molecular flexibility index (Phi) is 7.09. The van der Waals surface area contributed by atoms with Crippen LogP contribution in [0.25, 0.3) is 21.3 Å². The maximum absolute atomic E-state index is 13.6. The molecule has 0 atom stereocenters. The van der Waals surface area contributed by atoms with Gasteiger partial charge < -0.3 is 9.84 Å². The van der Waals surface area contributed by atoms with E-state index in [1.807, 2.05) is 0 Å². The van der Waals surface area contributed by atoms with Crippen LogP contribution in [-0.4, -0.2) is 30.1 Å². The molecule has 12 heteroatoms. The van der Waals surface area contributed by atoms with Gasteiger partial charge in [0.2, 0.25) is 0 Å². The lowest BCUT2D eigenvalue weighted by Gasteiger charge is -2.10. The summed E-state index contributed by atoms with van der Waals surface area (Å²) in [7, 11) is -4.14. The largest absolute Gasteiger partial charge is 0.494 e. The molecule has 0 aliphatic rings. The van der Waals surface area contributed by atoms with Crippen molar-refractivity contribution in [1.82, 2.24) is 3.97 Å². The Balaban J connectivity index is 1.78. The number of carboxylic acid groups (broad SMARTS) is 1. The molecule has 2 aromatic carbocycles. The molecule has 0 bridgehead atoms. The molecule has 0 amide bonds. The summed E-state index contributed by atoms with van der Waals surface area (Å²) in [6.07, 6.45) is -3.37. The predicted octanol–water partition coefficient (Wildman–Crippen LogP) is 6.69. The summed E-state index contributed by atoms with van der Waals surface area (Å²) in [5.74, 6) is -0.512. The Morgan fingerprint density at radius 1 is 1.14 bits per heavy atom. The van der Waals surface area contributed by atoms with E-state index in [1.165, 1.54) is 24.4 Å². The minimum Gasteiger partial charge on any atom is -0.494 e. The fourth-order valence-corrected chi connectivity index (χ4v) is 6.76. The average Bonchev–Trinajstić information content (AvgIpc) is 3.43. The van der Waals surface area contributed by atoms with Crippen molar-refractivity contribution in [1.29, 1.82) is 0 Å². The number of ether oxygens (including phenoxy) is 1. The molecule has 0 spiro atoms. The summed E-state index contributed by atoms with van der Waals surface area (Å²) in [4.78, 5) is 11.4. The van der Waals surface area contributed by atoms with Gasteiger partial charge in [0, 0.05) is 22.9 Å². The molecule has 0 radical (unpaired) electrons. The van der Waals surface area contributed by atoms with Crippen LogP contribution < -0.4 is 4.74 Å². The Labute approximate surface area is 213 Å². The number of carboxylic acids is 1. The standard InChI is InChI=1S/C24H19ClF3NO5S2/c1-2-34-16-5-7-20-17(12-16)15(4-9-22(30)31)13-29(20)36(32,33)23-10-8-21(35-23)14-3-6-19(25)18(11-14)24(26,27)28/h3,5-8,10-13H,2,4,9H2,1H3,(H,30,31). The zero-order valence-electron chi connectivity index (χ0n) is 18.7. The minimum absolute atomic E-state index is 0.0865.